The molecule has 0 atom stereocenters. The highest BCUT2D eigenvalue weighted by molar-refractivity contribution is 14.0. The average Bonchev–Trinajstić information content (AvgIpc) is 3.24. The van der Waals surface area contributed by atoms with E-state index in [9.17, 15) is 4.79 Å². The van der Waals surface area contributed by atoms with Gasteiger partial charge in [-0.15, -0.1) is 24.0 Å². The van der Waals surface area contributed by atoms with Crippen molar-refractivity contribution >= 4 is 35.8 Å². The van der Waals surface area contributed by atoms with Gasteiger partial charge in [0.05, 0.1) is 12.2 Å². The molecule has 1 aliphatic rings. The van der Waals surface area contributed by atoms with Crippen LogP contribution in [0, 0.1) is 5.92 Å². The number of nitrogens with zero attached hydrogens (tertiary/aromatic N) is 2. The molecule has 7 nitrogen and oxygen atoms in total. The number of hydrogen-bond acceptors (Lipinski definition) is 4. The van der Waals surface area contributed by atoms with Gasteiger partial charge in [0.15, 0.2) is 11.7 Å². The minimum atomic E-state index is 0. The summed E-state index contributed by atoms with van der Waals surface area (Å²) in [6.45, 7) is 5.90. The number of nitrogens with one attached hydrogen (secondary N) is 3. The molecule has 0 spiro atoms. The fourth-order valence-electron chi connectivity index (χ4n) is 1.93. The Balaban J connectivity index is 0.00000264. The van der Waals surface area contributed by atoms with E-state index in [1.54, 1.807) is 7.05 Å². The molecule has 1 aliphatic carbocycles. The van der Waals surface area contributed by atoms with Crippen LogP contribution in [-0.4, -0.2) is 37.2 Å². The Morgan fingerprint density at radius 3 is 2.61 bits per heavy atom. The largest absolute Gasteiger partial charge is 0.359 e. The van der Waals surface area contributed by atoms with Crippen molar-refractivity contribution in [3.05, 3.63) is 17.5 Å². The lowest BCUT2D eigenvalue weighted by molar-refractivity contribution is -0.122. The summed E-state index contributed by atoms with van der Waals surface area (Å²) >= 11 is 0. The molecule has 3 N–H and O–H groups in total. The predicted molar refractivity (Wildman–Crippen MR) is 99.9 cm³/mol. The first kappa shape index (κ1) is 19.7. The predicted octanol–water partition coefficient (Wildman–Crippen LogP) is 1.61. The molecule has 0 aromatic carbocycles. The van der Waals surface area contributed by atoms with Crippen LogP contribution in [-0.2, 0) is 11.3 Å². The van der Waals surface area contributed by atoms with Crippen molar-refractivity contribution in [1.82, 2.24) is 21.1 Å². The van der Waals surface area contributed by atoms with Gasteiger partial charge in [0, 0.05) is 32.1 Å². The Hall–Kier alpha value is -1.32. The van der Waals surface area contributed by atoms with Crippen LogP contribution in [0.5, 0.6) is 0 Å². The third kappa shape index (κ3) is 6.76. The molecule has 23 heavy (non-hydrogen) atoms. The summed E-state index contributed by atoms with van der Waals surface area (Å²) in [4.78, 5) is 15.6. The molecule has 8 heteroatoms. The highest BCUT2D eigenvalue weighted by Gasteiger charge is 2.28. The van der Waals surface area contributed by atoms with Crippen molar-refractivity contribution in [2.75, 3.05) is 20.1 Å². The van der Waals surface area contributed by atoms with Gasteiger partial charge in [0.2, 0.25) is 5.91 Å². The molecule has 1 aromatic heterocycles. The molecule has 1 aromatic rings. The maximum Gasteiger partial charge on any atom is 0.223 e. The maximum atomic E-state index is 11.5. The van der Waals surface area contributed by atoms with Crippen LogP contribution in [0.1, 0.15) is 44.1 Å². The quantitative estimate of drug-likeness (QED) is 0.262. The molecular weight excluding hydrogens is 409 g/mol. The summed E-state index contributed by atoms with van der Waals surface area (Å²) in [5.74, 6) is 2.20. The van der Waals surface area contributed by atoms with Gasteiger partial charge in [-0.05, 0) is 18.8 Å². The molecule has 1 saturated carbocycles. The Kier molecular flexibility index (Phi) is 8.35. The molecule has 0 unspecified atom stereocenters. The van der Waals surface area contributed by atoms with E-state index in [0.717, 1.165) is 24.3 Å². The van der Waals surface area contributed by atoms with Crippen LogP contribution in [0.25, 0.3) is 0 Å². The maximum absolute atomic E-state index is 11.5. The van der Waals surface area contributed by atoms with Gasteiger partial charge in [-0.3, -0.25) is 9.79 Å². The van der Waals surface area contributed by atoms with Crippen molar-refractivity contribution < 1.29 is 9.32 Å². The summed E-state index contributed by atoms with van der Waals surface area (Å²) in [6.07, 6.45) is 2.05. The molecule has 130 valence electrons. The third-order valence-electron chi connectivity index (χ3n) is 3.49. The van der Waals surface area contributed by atoms with Gasteiger partial charge in [-0.2, -0.15) is 0 Å². The molecule has 1 amide bonds. The van der Waals surface area contributed by atoms with Crippen molar-refractivity contribution in [1.29, 1.82) is 0 Å². The number of carbonyl (C=O) groups excluding carboxylic acids is 1. The Labute approximate surface area is 154 Å². The second-order valence-electron chi connectivity index (χ2n) is 5.79. The number of hydrogen-bond donors (Lipinski definition) is 3. The standard InChI is InChI=1S/C15H25N5O2.HI/c1-10(2)13-8-12(22-20-13)9-19-15(16-3)18-7-6-17-14(21)11-4-5-11;/h8,10-11H,4-7,9H2,1-3H3,(H,17,21)(H2,16,18,19);1H. The minimum absolute atomic E-state index is 0. The second kappa shape index (κ2) is 9.74. The zero-order valence-corrected chi connectivity index (χ0v) is 16.2. The number of halogens is 1. The van der Waals surface area contributed by atoms with Crippen LogP contribution in [0.15, 0.2) is 15.6 Å². The fraction of sp³-hybridized carbons (Fsp3) is 0.667. The molecule has 0 bridgehead atoms. The highest BCUT2D eigenvalue weighted by Crippen LogP contribution is 2.28. The van der Waals surface area contributed by atoms with Gasteiger partial charge in [0.25, 0.3) is 0 Å². The van der Waals surface area contributed by atoms with Gasteiger partial charge in [-0.25, -0.2) is 0 Å². The van der Waals surface area contributed by atoms with E-state index >= 15 is 0 Å². The first-order valence-electron chi connectivity index (χ1n) is 7.78. The zero-order valence-electron chi connectivity index (χ0n) is 13.9. The summed E-state index contributed by atoms with van der Waals surface area (Å²) in [5, 5.41) is 13.2. The molecular formula is C15H26IN5O2. The minimum Gasteiger partial charge on any atom is -0.359 e. The Morgan fingerprint density at radius 2 is 2.04 bits per heavy atom. The monoisotopic (exact) mass is 435 g/mol. The first-order valence-corrected chi connectivity index (χ1v) is 7.78. The van der Waals surface area contributed by atoms with Crippen molar-refractivity contribution in [2.24, 2.45) is 10.9 Å². The number of carbonyl (C=O) groups is 1. The number of amides is 1. The van der Waals surface area contributed by atoms with Gasteiger partial charge >= 0.3 is 0 Å². The lowest BCUT2D eigenvalue weighted by Crippen LogP contribution is -2.41. The second-order valence-corrected chi connectivity index (χ2v) is 5.79. The Bertz CT molecular complexity index is 526. The summed E-state index contributed by atoms with van der Waals surface area (Å²) in [5.41, 5.74) is 0.947. The van der Waals surface area contributed by atoms with Crippen molar-refractivity contribution in [2.45, 2.75) is 39.2 Å². The topological polar surface area (TPSA) is 91.5 Å². The summed E-state index contributed by atoms with van der Waals surface area (Å²) in [6, 6.07) is 1.95. The lowest BCUT2D eigenvalue weighted by atomic mass is 10.1. The van der Waals surface area contributed by atoms with E-state index in [2.05, 4.69) is 39.9 Å². The van der Waals surface area contributed by atoms with Crippen LogP contribution >= 0.6 is 24.0 Å². The van der Waals surface area contributed by atoms with Crippen LogP contribution in [0.3, 0.4) is 0 Å². The summed E-state index contributed by atoms with van der Waals surface area (Å²) < 4.78 is 5.26. The Morgan fingerprint density at radius 1 is 1.35 bits per heavy atom. The van der Waals surface area contributed by atoms with Crippen molar-refractivity contribution in [3.8, 4) is 0 Å². The first-order chi connectivity index (χ1) is 10.6. The molecule has 2 rings (SSSR count). The fourth-order valence-corrected chi connectivity index (χ4v) is 1.93. The molecule has 1 heterocycles. The molecule has 0 saturated heterocycles. The van der Waals surface area contributed by atoms with E-state index in [-0.39, 0.29) is 35.8 Å². The number of rotatable bonds is 7. The van der Waals surface area contributed by atoms with Crippen molar-refractivity contribution in [3.63, 3.8) is 0 Å². The average molecular weight is 435 g/mol. The lowest BCUT2D eigenvalue weighted by Gasteiger charge is -2.11. The van der Waals surface area contributed by atoms with Gasteiger partial charge in [-0.1, -0.05) is 19.0 Å². The SMILES string of the molecule is CN=C(NCCNC(=O)C1CC1)NCc1cc(C(C)C)no1.I. The normalized spacial score (nSPS) is 14.3. The molecule has 0 radical (unpaired) electrons. The van der Waals surface area contributed by atoms with Crippen LogP contribution in [0.2, 0.25) is 0 Å². The molecule has 0 aliphatic heterocycles. The zero-order chi connectivity index (χ0) is 15.9. The van der Waals surface area contributed by atoms with Gasteiger partial charge in [0.1, 0.15) is 0 Å². The van der Waals surface area contributed by atoms with Gasteiger partial charge < -0.3 is 20.5 Å². The molecule has 1 fully saturated rings. The third-order valence-corrected chi connectivity index (χ3v) is 3.49. The number of aromatic nitrogens is 1. The number of aliphatic imine (C=N–C) groups is 1. The summed E-state index contributed by atoms with van der Waals surface area (Å²) in [7, 11) is 1.71. The van der Waals surface area contributed by atoms with Crippen LogP contribution in [0.4, 0.5) is 0 Å². The van der Waals surface area contributed by atoms with E-state index in [4.69, 9.17) is 4.52 Å². The van der Waals surface area contributed by atoms with E-state index in [1.165, 1.54) is 0 Å². The van der Waals surface area contributed by atoms with Crippen LogP contribution < -0.4 is 16.0 Å². The smallest absolute Gasteiger partial charge is 0.223 e. The van der Waals surface area contributed by atoms with E-state index in [1.807, 2.05) is 6.07 Å². The number of guanidine groups is 1. The van der Waals surface area contributed by atoms with E-state index < -0.39 is 0 Å². The van der Waals surface area contributed by atoms with E-state index in [0.29, 0.717) is 31.5 Å². The highest BCUT2D eigenvalue weighted by atomic mass is 127.